The molecule has 0 saturated heterocycles. The fourth-order valence-electron chi connectivity index (χ4n) is 2.71. The normalized spacial score (nSPS) is 13.1. The molecule has 0 aromatic heterocycles. The summed E-state index contributed by atoms with van der Waals surface area (Å²) in [6.45, 7) is 2.53. The lowest BCUT2D eigenvalue weighted by Gasteiger charge is -2.19. The van der Waals surface area contributed by atoms with E-state index in [2.05, 4.69) is 11.0 Å². The molecule has 110 valence electrons. The van der Waals surface area contributed by atoms with E-state index in [1.54, 1.807) is 7.11 Å². The van der Waals surface area contributed by atoms with Crippen molar-refractivity contribution < 1.29 is 9.47 Å². The van der Waals surface area contributed by atoms with Crippen LogP contribution in [0.2, 0.25) is 0 Å². The van der Waals surface area contributed by atoms with E-state index >= 15 is 0 Å². The van der Waals surface area contributed by atoms with Gasteiger partial charge in [0.25, 0.3) is 0 Å². The molecular formula is C17H20N2O2. The van der Waals surface area contributed by atoms with E-state index in [0.29, 0.717) is 6.61 Å². The fourth-order valence-corrected chi connectivity index (χ4v) is 2.71. The number of nitrogens with two attached hydrogens (primary N) is 1. The Labute approximate surface area is 125 Å². The number of methoxy groups -OCH3 is 1. The fraction of sp³-hybridized carbons (Fsp3) is 0.294. The highest BCUT2D eigenvalue weighted by Crippen LogP contribution is 2.31. The van der Waals surface area contributed by atoms with E-state index in [1.165, 1.54) is 11.3 Å². The van der Waals surface area contributed by atoms with Crippen molar-refractivity contribution in [2.24, 2.45) is 0 Å². The number of hydrogen-bond donors (Lipinski definition) is 1. The van der Waals surface area contributed by atoms with Gasteiger partial charge in [0.2, 0.25) is 0 Å². The molecule has 21 heavy (non-hydrogen) atoms. The molecule has 0 radical (unpaired) electrons. The highest BCUT2D eigenvalue weighted by molar-refractivity contribution is 5.68. The van der Waals surface area contributed by atoms with Crippen LogP contribution in [0, 0.1) is 0 Å². The van der Waals surface area contributed by atoms with Crippen LogP contribution in [0.25, 0.3) is 0 Å². The number of benzene rings is 2. The Morgan fingerprint density at radius 3 is 2.62 bits per heavy atom. The van der Waals surface area contributed by atoms with E-state index < -0.39 is 0 Å². The number of nitrogen functional groups attached to an aromatic ring is 1. The molecule has 2 aromatic rings. The summed E-state index contributed by atoms with van der Waals surface area (Å²) in [5, 5.41) is 0. The summed E-state index contributed by atoms with van der Waals surface area (Å²) in [4.78, 5) is 2.33. The summed E-state index contributed by atoms with van der Waals surface area (Å²) in [5.41, 5.74) is 9.42. The average Bonchev–Trinajstić information content (AvgIpc) is 2.93. The lowest BCUT2D eigenvalue weighted by Crippen LogP contribution is -2.26. The monoisotopic (exact) mass is 284 g/mol. The summed E-state index contributed by atoms with van der Waals surface area (Å²) in [6.07, 6.45) is 1.02. The Morgan fingerprint density at radius 1 is 1.10 bits per heavy atom. The summed E-state index contributed by atoms with van der Waals surface area (Å²) in [5.74, 6) is 1.70. The molecule has 1 aliphatic rings. The molecular weight excluding hydrogens is 264 g/mol. The Kier molecular flexibility index (Phi) is 3.86. The van der Waals surface area contributed by atoms with Crippen molar-refractivity contribution in [2.75, 3.05) is 37.4 Å². The second-order valence-corrected chi connectivity index (χ2v) is 5.11. The molecule has 0 saturated carbocycles. The maximum atomic E-state index is 6.01. The Morgan fingerprint density at radius 2 is 1.86 bits per heavy atom. The molecule has 0 bridgehead atoms. The van der Waals surface area contributed by atoms with E-state index in [0.717, 1.165) is 36.7 Å². The van der Waals surface area contributed by atoms with Gasteiger partial charge in [0, 0.05) is 23.5 Å². The predicted octanol–water partition coefficient (Wildman–Crippen LogP) is 2.72. The second-order valence-electron chi connectivity index (χ2n) is 5.11. The summed E-state index contributed by atoms with van der Waals surface area (Å²) >= 11 is 0. The van der Waals surface area contributed by atoms with Gasteiger partial charge in [-0.05, 0) is 42.8 Å². The first-order valence-corrected chi connectivity index (χ1v) is 7.17. The van der Waals surface area contributed by atoms with Crippen LogP contribution in [0.5, 0.6) is 11.5 Å². The van der Waals surface area contributed by atoms with E-state index in [1.807, 2.05) is 36.4 Å². The number of ether oxygens (including phenoxy) is 2. The van der Waals surface area contributed by atoms with Crippen molar-refractivity contribution >= 4 is 11.4 Å². The van der Waals surface area contributed by atoms with Gasteiger partial charge in [-0.25, -0.2) is 0 Å². The van der Waals surface area contributed by atoms with Gasteiger partial charge in [-0.3, -0.25) is 0 Å². The van der Waals surface area contributed by atoms with Gasteiger partial charge in [0.1, 0.15) is 18.1 Å². The Bertz CT molecular complexity index is 611. The molecule has 4 heteroatoms. The third kappa shape index (κ3) is 2.89. The minimum atomic E-state index is 0.653. The smallest absolute Gasteiger partial charge is 0.119 e. The first-order chi connectivity index (χ1) is 10.3. The number of hydrogen-bond acceptors (Lipinski definition) is 4. The number of rotatable bonds is 5. The molecule has 4 nitrogen and oxygen atoms in total. The molecule has 0 fully saturated rings. The molecule has 1 heterocycles. The maximum absolute atomic E-state index is 6.01. The zero-order valence-corrected chi connectivity index (χ0v) is 12.2. The third-order valence-electron chi connectivity index (χ3n) is 3.85. The number of anilines is 2. The average molecular weight is 284 g/mol. The zero-order valence-electron chi connectivity index (χ0n) is 12.2. The minimum Gasteiger partial charge on any atom is -0.497 e. The minimum absolute atomic E-state index is 0.653. The van der Waals surface area contributed by atoms with Gasteiger partial charge >= 0.3 is 0 Å². The van der Waals surface area contributed by atoms with Crippen LogP contribution in [-0.4, -0.2) is 26.8 Å². The predicted molar refractivity (Wildman–Crippen MR) is 85.3 cm³/mol. The van der Waals surface area contributed by atoms with Crippen LogP contribution in [-0.2, 0) is 6.42 Å². The van der Waals surface area contributed by atoms with E-state index in [9.17, 15) is 0 Å². The van der Waals surface area contributed by atoms with Gasteiger partial charge in [-0.15, -0.1) is 0 Å². The Balaban J connectivity index is 1.56. The molecule has 2 N–H and O–H groups in total. The molecule has 0 aliphatic carbocycles. The molecule has 0 atom stereocenters. The van der Waals surface area contributed by atoms with Crippen molar-refractivity contribution in [3.63, 3.8) is 0 Å². The SMILES string of the molecule is COc1ccc(OCCN2CCc3c(N)cccc32)cc1. The van der Waals surface area contributed by atoms with E-state index in [4.69, 9.17) is 15.2 Å². The molecule has 2 aromatic carbocycles. The molecule has 0 spiro atoms. The lowest BCUT2D eigenvalue weighted by molar-refractivity contribution is 0.323. The van der Waals surface area contributed by atoms with Crippen LogP contribution < -0.4 is 20.1 Å². The van der Waals surface area contributed by atoms with Gasteiger partial charge < -0.3 is 20.1 Å². The first-order valence-electron chi connectivity index (χ1n) is 7.17. The summed E-state index contributed by atoms with van der Waals surface area (Å²) in [6, 6.07) is 13.8. The van der Waals surface area contributed by atoms with Crippen molar-refractivity contribution in [1.29, 1.82) is 0 Å². The third-order valence-corrected chi connectivity index (χ3v) is 3.85. The van der Waals surface area contributed by atoms with Crippen LogP contribution in [0.15, 0.2) is 42.5 Å². The van der Waals surface area contributed by atoms with Gasteiger partial charge in [0.15, 0.2) is 0 Å². The van der Waals surface area contributed by atoms with E-state index in [-0.39, 0.29) is 0 Å². The van der Waals surface area contributed by atoms with Crippen LogP contribution in [0.3, 0.4) is 0 Å². The summed E-state index contributed by atoms with van der Waals surface area (Å²) < 4.78 is 10.9. The topological polar surface area (TPSA) is 47.7 Å². The number of fused-ring (bicyclic) bond motifs is 1. The van der Waals surface area contributed by atoms with Crippen molar-refractivity contribution in [3.05, 3.63) is 48.0 Å². The van der Waals surface area contributed by atoms with Crippen molar-refractivity contribution in [1.82, 2.24) is 0 Å². The van der Waals surface area contributed by atoms with Crippen molar-refractivity contribution in [3.8, 4) is 11.5 Å². The quantitative estimate of drug-likeness (QED) is 0.858. The molecule has 3 rings (SSSR count). The van der Waals surface area contributed by atoms with Gasteiger partial charge in [-0.1, -0.05) is 6.07 Å². The van der Waals surface area contributed by atoms with Gasteiger partial charge in [0.05, 0.1) is 13.7 Å². The lowest BCUT2D eigenvalue weighted by atomic mass is 10.1. The molecule has 1 aliphatic heterocycles. The van der Waals surface area contributed by atoms with Crippen molar-refractivity contribution in [2.45, 2.75) is 6.42 Å². The molecule has 0 amide bonds. The number of nitrogens with zero attached hydrogens (tertiary/aromatic N) is 1. The largest absolute Gasteiger partial charge is 0.497 e. The summed E-state index contributed by atoms with van der Waals surface area (Å²) in [7, 11) is 1.66. The highest BCUT2D eigenvalue weighted by Gasteiger charge is 2.20. The second kappa shape index (κ2) is 5.95. The molecule has 0 unspecified atom stereocenters. The maximum Gasteiger partial charge on any atom is 0.119 e. The van der Waals surface area contributed by atoms with Crippen LogP contribution >= 0.6 is 0 Å². The van der Waals surface area contributed by atoms with Crippen LogP contribution in [0.4, 0.5) is 11.4 Å². The van der Waals surface area contributed by atoms with Gasteiger partial charge in [-0.2, -0.15) is 0 Å². The highest BCUT2D eigenvalue weighted by atomic mass is 16.5. The Hall–Kier alpha value is -2.36. The van der Waals surface area contributed by atoms with Crippen LogP contribution in [0.1, 0.15) is 5.56 Å². The first kappa shape index (κ1) is 13.6. The zero-order chi connectivity index (χ0) is 14.7. The standard InChI is InChI=1S/C17H20N2O2/c1-20-13-5-7-14(8-6-13)21-12-11-19-10-9-15-16(18)3-2-4-17(15)19/h2-8H,9-12,18H2,1H3.